The molecular formula is C12H12N2O3. The Bertz CT molecular complexity index is 500. The average molecular weight is 232 g/mol. The molecule has 0 unspecified atom stereocenters. The molecule has 5 nitrogen and oxygen atoms in total. The van der Waals surface area contributed by atoms with Gasteiger partial charge in [0.2, 0.25) is 5.76 Å². The maximum Gasteiger partial charge on any atom is 0.374 e. The van der Waals surface area contributed by atoms with Crippen LogP contribution in [0, 0.1) is 0 Å². The van der Waals surface area contributed by atoms with Crippen molar-refractivity contribution in [2.24, 2.45) is 0 Å². The van der Waals surface area contributed by atoms with Gasteiger partial charge in [0.15, 0.2) is 0 Å². The van der Waals surface area contributed by atoms with E-state index in [0.717, 1.165) is 5.56 Å². The molecule has 1 heterocycles. The lowest BCUT2D eigenvalue weighted by Crippen LogP contribution is -2.04. The molecule has 0 aliphatic carbocycles. The third-order valence-corrected chi connectivity index (χ3v) is 2.13. The molecule has 4 N–H and O–H groups in total. The van der Waals surface area contributed by atoms with Crippen LogP contribution in [0.2, 0.25) is 0 Å². The molecular weight excluding hydrogens is 220 g/mol. The predicted molar refractivity (Wildman–Crippen MR) is 63.1 cm³/mol. The monoisotopic (exact) mass is 232 g/mol. The Morgan fingerprint density at radius 2 is 1.94 bits per heavy atom. The molecule has 1 aromatic carbocycles. The number of esters is 1. The second kappa shape index (κ2) is 4.61. The molecule has 17 heavy (non-hydrogen) atoms. The molecule has 2 aromatic rings. The van der Waals surface area contributed by atoms with Crippen LogP contribution in [0.5, 0.6) is 0 Å². The average Bonchev–Trinajstić information content (AvgIpc) is 2.78. The fourth-order valence-corrected chi connectivity index (χ4v) is 1.44. The molecule has 5 heteroatoms. The summed E-state index contributed by atoms with van der Waals surface area (Å²) in [6.45, 7) is 0.106. The summed E-state index contributed by atoms with van der Waals surface area (Å²) in [7, 11) is 0. The van der Waals surface area contributed by atoms with E-state index in [9.17, 15) is 4.79 Å². The van der Waals surface area contributed by atoms with Crippen molar-refractivity contribution in [2.75, 3.05) is 11.5 Å². The lowest BCUT2D eigenvalue weighted by atomic mass is 10.2. The maximum absolute atomic E-state index is 11.5. The van der Waals surface area contributed by atoms with Crippen LogP contribution in [0.3, 0.4) is 0 Å². The van der Waals surface area contributed by atoms with Crippen LogP contribution in [0.15, 0.2) is 41.0 Å². The number of hydrogen-bond acceptors (Lipinski definition) is 5. The summed E-state index contributed by atoms with van der Waals surface area (Å²) in [5, 5.41) is 0. The Morgan fingerprint density at radius 1 is 1.24 bits per heavy atom. The van der Waals surface area contributed by atoms with Gasteiger partial charge in [0.1, 0.15) is 6.61 Å². The number of benzene rings is 1. The standard InChI is InChI=1S/C12H12N2O3/c13-9-4-8(5-10(14)6-9)7-17-12(15)11-2-1-3-16-11/h1-6H,7,13-14H2. The molecule has 1 aromatic heterocycles. The third-order valence-electron chi connectivity index (χ3n) is 2.13. The first-order valence-electron chi connectivity index (χ1n) is 5.01. The minimum atomic E-state index is -0.518. The highest BCUT2D eigenvalue weighted by Gasteiger charge is 2.10. The molecule has 0 aliphatic rings. The summed E-state index contributed by atoms with van der Waals surface area (Å²) in [4.78, 5) is 11.5. The Morgan fingerprint density at radius 3 is 2.53 bits per heavy atom. The smallest absolute Gasteiger partial charge is 0.374 e. The normalized spacial score (nSPS) is 10.1. The molecule has 88 valence electrons. The number of carbonyl (C=O) groups excluding carboxylic acids is 1. The van der Waals surface area contributed by atoms with Crippen LogP contribution in [0.25, 0.3) is 0 Å². The van der Waals surface area contributed by atoms with Crippen molar-refractivity contribution >= 4 is 17.3 Å². The Hall–Kier alpha value is -2.43. The first-order chi connectivity index (χ1) is 8.15. The quantitative estimate of drug-likeness (QED) is 0.622. The van der Waals surface area contributed by atoms with E-state index in [1.54, 1.807) is 24.3 Å². The largest absolute Gasteiger partial charge is 0.457 e. The van der Waals surface area contributed by atoms with E-state index in [2.05, 4.69) is 0 Å². The van der Waals surface area contributed by atoms with Gasteiger partial charge in [-0.3, -0.25) is 0 Å². The van der Waals surface area contributed by atoms with Crippen LogP contribution >= 0.6 is 0 Å². The second-order valence-corrected chi connectivity index (χ2v) is 3.56. The van der Waals surface area contributed by atoms with Gasteiger partial charge < -0.3 is 20.6 Å². The lowest BCUT2D eigenvalue weighted by Gasteiger charge is -2.05. The van der Waals surface area contributed by atoms with E-state index < -0.39 is 5.97 Å². The minimum absolute atomic E-state index is 0.106. The first kappa shape index (κ1) is 11.1. The van der Waals surface area contributed by atoms with Crippen molar-refractivity contribution in [3.63, 3.8) is 0 Å². The molecule has 0 saturated carbocycles. The summed E-state index contributed by atoms with van der Waals surface area (Å²) in [5.74, 6) is -0.349. The number of carbonyl (C=O) groups is 1. The van der Waals surface area contributed by atoms with E-state index in [-0.39, 0.29) is 12.4 Å². The number of ether oxygens (including phenoxy) is 1. The molecule has 0 atom stereocenters. The van der Waals surface area contributed by atoms with E-state index in [1.165, 1.54) is 12.3 Å². The minimum Gasteiger partial charge on any atom is -0.457 e. The molecule has 0 saturated heterocycles. The van der Waals surface area contributed by atoms with E-state index in [1.807, 2.05) is 0 Å². The van der Waals surface area contributed by atoms with E-state index in [4.69, 9.17) is 20.6 Å². The van der Waals surface area contributed by atoms with Crippen LogP contribution in [0.1, 0.15) is 16.1 Å². The van der Waals surface area contributed by atoms with Gasteiger partial charge in [0.05, 0.1) is 6.26 Å². The zero-order chi connectivity index (χ0) is 12.3. The molecule has 0 amide bonds. The SMILES string of the molecule is Nc1cc(N)cc(COC(=O)c2ccco2)c1. The number of hydrogen-bond donors (Lipinski definition) is 2. The van der Waals surface area contributed by atoms with Crippen molar-refractivity contribution in [3.05, 3.63) is 47.9 Å². The van der Waals surface area contributed by atoms with Crippen molar-refractivity contribution in [3.8, 4) is 0 Å². The zero-order valence-electron chi connectivity index (χ0n) is 9.05. The number of nitrogens with two attached hydrogens (primary N) is 2. The van der Waals surface area contributed by atoms with Gasteiger partial charge >= 0.3 is 5.97 Å². The maximum atomic E-state index is 11.5. The molecule has 0 bridgehead atoms. The van der Waals surface area contributed by atoms with Gasteiger partial charge in [-0.25, -0.2) is 4.79 Å². The van der Waals surface area contributed by atoms with Crippen LogP contribution in [-0.4, -0.2) is 5.97 Å². The highest BCUT2D eigenvalue weighted by atomic mass is 16.5. The van der Waals surface area contributed by atoms with Gasteiger partial charge in [0.25, 0.3) is 0 Å². The summed E-state index contributed by atoms with van der Waals surface area (Å²) in [6.07, 6.45) is 1.41. The lowest BCUT2D eigenvalue weighted by molar-refractivity contribution is 0.0436. The predicted octanol–water partition coefficient (Wildman–Crippen LogP) is 1.80. The number of furan rings is 1. The van der Waals surface area contributed by atoms with Gasteiger partial charge in [0, 0.05) is 11.4 Å². The van der Waals surface area contributed by atoms with Crippen molar-refractivity contribution in [1.82, 2.24) is 0 Å². The molecule has 0 radical (unpaired) electrons. The second-order valence-electron chi connectivity index (χ2n) is 3.56. The first-order valence-corrected chi connectivity index (χ1v) is 5.01. The molecule has 2 rings (SSSR count). The third kappa shape index (κ3) is 2.78. The molecule has 0 spiro atoms. The molecule has 0 aliphatic heterocycles. The Balaban J connectivity index is 2.00. The summed E-state index contributed by atoms with van der Waals surface area (Å²) < 4.78 is 9.95. The number of rotatable bonds is 3. The van der Waals surface area contributed by atoms with Crippen molar-refractivity contribution < 1.29 is 13.9 Å². The van der Waals surface area contributed by atoms with Crippen LogP contribution in [-0.2, 0) is 11.3 Å². The van der Waals surface area contributed by atoms with Gasteiger partial charge in [-0.15, -0.1) is 0 Å². The molecule has 0 fully saturated rings. The topological polar surface area (TPSA) is 91.5 Å². The number of nitrogen functional groups attached to an aromatic ring is 2. The van der Waals surface area contributed by atoms with Crippen molar-refractivity contribution in [1.29, 1.82) is 0 Å². The highest BCUT2D eigenvalue weighted by molar-refractivity contribution is 5.86. The Kier molecular flexibility index (Phi) is 3.00. The van der Waals surface area contributed by atoms with E-state index in [0.29, 0.717) is 11.4 Å². The van der Waals surface area contributed by atoms with Crippen molar-refractivity contribution in [2.45, 2.75) is 6.61 Å². The van der Waals surface area contributed by atoms with Gasteiger partial charge in [-0.2, -0.15) is 0 Å². The number of anilines is 2. The fraction of sp³-hybridized carbons (Fsp3) is 0.0833. The summed E-state index contributed by atoms with van der Waals surface area (Å²) >= 11 is 0. The van der Waals surface area contributed by atoms with Crippen LogP contribution < -0.4 is 11.5 Å². The Labute approximate surface area is 98.0 Å². The fourth-order valence-electron chi connectivity index (χ4n) is 1.44. The zero-order valence-corrected chi connectivity index (χ0v) is 9.05. The van der Waals surface area contributed by atoms with Gasteiger partial charge in [-0.1, -0.05) is 0 Å². The van der Waals surface area contributed by atoms with Crippen LogP contribution in [0.4, 0.5) is 11.4 Å². The highest BCUT2D eigenvalue weighted by Crippen LogP contribution is 2.15. The summed E-state index contributed by atoms with van der Waals surface area (Å²) in [5.41, 5.74) is 13.1. The van der Waals surface area contributed by atoms with E-state index >= 15 is 0 Å². The summed E-state index contributed by atoms with van der Waals surface area (Å²) in [6, 6.07) is 8.19. The van der Waals surface area contributed by atoms with Gasteiger partial charge in [-0.05, 0) is 35.9 Å².